The van der Waals surface area contributed by atoms with Crippen molar-refractivity contribution in [3.8, 4) is 0 Å². The molecule has 4 heteroatoms. The third-order valence-corrected chi connectivity index (χ3v) is 4.19. The normalized spacial score (nSPS) is 24.6. The Labute approximate surface area is 112 Å². The maximum Gasteiger partial charge on any atom is 0.201 e. The Morgan fingerprint density at radius 3 is 3.00 bits per heavy atom. The fourth-order valence-corrected chi connectivity index (χ4v) is 3.27. The summed E-state index contributed by atoms with van der Waals surface area (Å²) in [7, 11) is 0. The first-order chi connectivity index (χ1) is 8.65. The van der Waals surface area contributed by atoms with Crippen LogP contribution in [0.2, 0.25) is 5.02 Å². The average Bonchev–Trinajstić information content (AvgIpc) is 2.64. The highest BCUT2D eigenvalue weighted by Crippen LogP contribution is 2.36. The monoisotopic (exact) mass is 263 g/mol. The number of halogens is 1. The van der Waals surface area contributed by atoms with Gasteiger partial charge in [0.25, 0.3) is 0 Å². The summed E-state index contributed by atoms with van der Waals surface area (Å²) in [4.78, 5) is 4.44. The Hall–Kier alpha value is -1.22. The van der Waals surface area contributed by atoms with Crippen molar-refractivity contribution in [2.75, 3.05) is 5.73 Å². The number of aromatic nitrogens is 2. The molecule has 2 unspecified atom stereocenters. The van der Waals surface area contributed by atoms with Gasteiger partial charge in [-0.15, -0.1) is 0 Å². The number of nitrogen functional groups attached to an aromatic ring is 1. The summed E-state index contributed by atoms with van der Waals surface area (Å²) in [6, 6.07) is 6.25. The van der Waals surface area contributed by atoms with E-state index in [0.29, 0.717) is 12.0 Å². The van der Waals surface area contributed by atoms with Crippen molar-refractivity contribution in [1.82, 2.24) is 9.55 Å². The lowest BCUT2D eigenvalue weighted by Crippen LogP contribution is -2.19. The quantitative estimate of drug-likeness (QED) is 0.844. The first-order valence-electron chi connectivity index (χ1n) is 6.58. The topological polar surface area (TPSA) is 43.8 Å². The zero-order chi connectivity index (χ0) is 12.7. The van der Waals surface area contributed by atoms with Crippen LogP contribution in [-0.2, 0) is 0 Å². The van der Waals surface area contributed by atoms with Crippen LogP contribution in [0.25, 0.3) is 11.0 Å². The average molecular weight is 264 g/mol. The molecule has 0 radical (unpaired) electrons. The van der Waals surface area contributed by atoms with Gasteiger partial charge in [-0.3, -0.25) is 0 Å². The molecule has 2 N–H and O–H groups in total. The Balaban J connectivity index is 2.09. The smallest absolute Gasteiger partial charge is 0.201 e. The van der Waals surface area contributed by atoms with E-state index in [0.717, 1.165) is 22.0 Å². The Kier molecular flexibility index (Phi) is 2.94. The van der Waals surface area contributed by atoms with Gasteiger partial charge in [-0.1, -0.05) is 31.4 Å². The fraction of sp³-hybridized carbons (Fsp3) is 0.500. The van der Waals surface area contributed by atoms with Crippen LogP contribution in [-0.4, -0.2) is 9.55 Å². The highest BCUT2D eigenvalue weighted by Gasteiger charge is 2.23. The van der Waals surface area contributed by atoms with E-state index in [9.17, 15) is 0 Å². The maximum absolute atomic E-state index is 6.09. The van der Waals surface area contributed by atoms with Gasteiger partial charge in [0.15, 0.2) is 0 Å². The zero-order valence-electron chi connectivity index (χ0n) is 10.6. The number of hydrogen-bond acceptors (Lipinski definition) is 2. The lowest BCUT2D eigenvalue weighted by molar-refractivity contribution is 0.289. The molecule has 1 heterocycles. The lowest BCUT2D eigenvalue weighted by Gasteiger charge is -2.28. The second-order valence-corrected chi connectivity index (χ2v) is 5.84. The number of fused-ring (bicyclic) bond motifs is 1. The van der Waals surface area contributed by atoms with Crippen molar-refractivity contribution < 1.29 is 0 Å². The molecule has 0 amide bonds. The molecule has 0 spiro atoms. The van der Waals surface area contributed by atoms with E-state index in [-0.39, 0.29) is 0 Å². The van der Waals surface area contributed by atoms with Crippen LogP contribution in [0.4, 0.5) is 5.95 Å². The predicted octanol–water partition coefficient (Wildman–Crippen LogP) is 4.02. The molecule has 1 aromatic heterocycles. The highest BCUT2D eigenvalue weighted by atomic mass is 35.5. The van der Waals surface area contributed by atoms with Gasteiger partial charge in [-0.25, -0.2) is 4.98 Å². The van der Waals surface area contributed by atoms with E-state index in [2.05, 4.69) is 16.5 Å². The zero-order valence-corrected chi connectivity index (χ0v) is 11.3. The molecule has 0 aliphatic heterocycles. The van der Waals surface area contributed by atoms with Gasteiger partial charge in [0.2, 0.25) is 5.95 Å². The molecule has 3 rings (SSSR count). The molecule has 3 nitrogen and oxygen atoms in total. The predicted molar refractivity (Wildman–Crippen MR) is 75.8 cm³/mol. The molecule has 2 atom stereocenters. The number of nitrogens with two attached hydrogens (primary N) is 1. The largest absolute Gasteiger partial charge is 0.369 e. The number of nitrogens with zero attached hydrogens (tertiary/aromatic N) is 2. The second kappa shape index (κ2) is 4.47. The van der Waals surface area contributed by atoms with Gasteiger partial charge in [-0.2, -0.15) is 0 Å². The number of imidazole rings is 1. The standard InChI is InChI=1S/C14H18ClN3/c1-9-3-2-4-11(7-9)18-13-8-10(15)5-6-12(13)17-14(18)16/h5-6,8-9,11H,2-4,7H2,1H3,(H2,16,17). The van der Waals surface area contributed by atoms with Gasteiger partial charge < -0.3 is 10.3 Å². The summed E-state index contributed by atoms with van der Waals surface area (Å²) < 4.78 is 2.18. The van der Waals surface area contributed by atoms with E-state index in [1.165, 1.54) is 25.7 Å². The SMILES string of the molecule is CC1CCCC(n2c(N)nc3ccc(Cl)cc32)C1. The highest BCUT2D eigenvalue weighted by molar-refractivity contribution is 6.31. The molecule has 0 saturated heterocycles. The van der Waals surface area contributed by atoms with Crippen LogP contribution >= 0.6 is 11.6 Å². The molecule has 18 heavy (non-hydrogen) atoms. The van der Waals surface area contributed by atoms with Crippen molar-refractivity contribution in [1.29, 1.82) is 0 Å². The molecular weight excluding hydrogens is 246 g/mol. The summed E-state index contributed by atoms with van der Waals surface area (Å²) in [5.41, 5.74) is 8.10. The second-order valence-electron chi connectivity index (χ2n) is 5.40. The lowest BCUT2D eigenvalue weighted by atomic mass is 9.87. The molecule has 2 aromatic rings. The van der Waals surface area contributed by atoms with Crippen LogP contribution in [0.15, 0.2) is 18.2 Å². The van der Waals surface area contributed by atoms with Gasteiger partial charge >= 0.3 is 0 Å². The number of hydrogen-bond donors (Lipinski definition) is 1. The summed E-state index contributed by atoms with van der Waals surface area (Å²) in [5, 5.41) is 0.743. The van der Waals surface area contributed by atoms with Crippen molar-refractivity contribution in [2.45, 2.75) is 38.6 Å². The van der Waals surface area contributed by atoms with Crippen LogP contribution in [0.1, 0.15) is 38.6 Å². The third kappa shape index (κ3) is 1.97. The van der Waals surface area contributed by atoms with E-state index in [1.54, 1.807) is 0 Å². The van der Waals surface area contributed by atoms with Crippen LogP contribution < -0.4 is 5.73 Å². The maximum atomic E-state index is 6.09. The fourth-order valence-electron chi connectivity index (χ4n) is 3.11. The first-order valence-corrected chi connectivity index (χ1v) is 6.96. The first kappa shape index (κ1) is 11.8. The van der Waals surface area contributed by atoms with Crippen molar-refractivity contribution in [2.24, 2.45) is 5.92 Å². The Morgan fingerprint density at radius 1 is 1.39 bits per heavy atom. The van der Waals surface area contributed by atoms with Crippen molar-refractivity contribution in [3.05, 3.63) is 23.2 Å². The minimum absolute atomic E-state index is 0.470. The van der Waals surface area contributed by atoms with Crippen LogP contribution in [0, 0.1) is 5.92 Å². The van der Waals surface area contributed by atoms with E-state index >= 15 is 0 Å². The molecule has 96 valence electrons. The van der Waals surface area contributed by atoms with Crippen molar-refractivity contribution in [3.63, 3.8) is 0 Å². The van der Waals surface area contributed by atoms with Gasteiger partial charge in [0.05, 0.1) is 11.0 Å². The Bertz CT molecular complexity index is 576. The molecule has 1 aliphatic rings. The molecule has 1 aliphatic carbocycles. The van der Waals surface area contributed by atoms with E-state index in [4.69, 9.17) is 17.3 Å². The summed E-state index contributed by atoms with van der Waals surface area (Å²) in [6.07, 6.45) is 4.96. The van der Waals surface area contributed by atoms with Gasteiger partial charge in [0.1, 0.15) is 0 Å². The number of anilines is 1. The Morgan fingerprint density at radius 2 is 2.22 bits per heavy atom. The minimum atomic E-state index is 0.470. The summed E-state index contributed by atoms with van der Waals surface area (Å²) in [5.74, 6) is 1.38. The van der Waals surface area contributed by atoms with Crippen LogP contribution in [0.3, 0.4) is 0 Å². The number of rotatable bonds is 1. The molecule has 1 aromatic carbocycles. The van der Waals surface area contributed by atoms with Crippen LogP contribution in [0.5, 0.6) is 0 Å². The third-order valence-electron chi connectivity index (χ3n) is 3.95. The molecule has 1 fully saturated rings. The van der Waals surface area contributed by atoms with E-state index in [1.807, 2.05) is 18.2 Å². The molecule has 0 bridgehead atoms. The molecule has 1 saturated carbocycles. The molecular formula is C14H18ClN3. The van der Waals surface area contributed by atoms with Crippen molar-refractivity contribution >= 4 is 28.6 Å². The van der Waals surface area contributed by atoms with Gasteiger partial charge in [-0.05, 0) is 37.0 Å². The summed E-state index contributed by atoms with van der Waals surface area (Å²) in [6.45, 7) is 2.31. The minimum Gasteiger partial charge on any atom is -0.369 e. The van der Waals surface area contributed by atoms with E-state index < -0.39 is 0 Å². The summed E-state index contributed by atoms with van der Waals surface area (Å²) >= 11 is 6.09. The number of benzene rings is 1. The van der Waals surface area contributed by atoms with Gasteiger partial charge in [0, 0.05) is 11.1 Å².